The second-order valence-electron chi connectivity index (χ2n) is 8.55. The average molecular weight is 429 g/mol. The van der Waals surface area contributed by atoms with Crippen molar-refractivity contribution >= 4 is 28.9 Å². The maximum absolute atomic E-state index is 13.3. The summed E-state index contributed by atoms with van der Waals surface area (Å²) in [6.07, 6.45) is 5.55. The molecule has 1 aliphatic carbocycles. The van der Waals surface area contributed by atoms with E-state index in [0.717, 1.165) is 33.9 Å². The lowest BCUT2D eigenvalue weighted by Crippen LogP contribution is -2.30. The molecule has 0 radical (unpaired) electrons. The summed E-state index contributed by atoms with van der Waals surface area (Å²) in [6.45, 7) is 4.12. The monoisotopic (exact) mass is 428 g/mol. The quantitative estimate of drug-likeness (QED) is 0.439. The van der Waals surface area contributed by atoms with Gasteiger partial charge in [-0.1, -0.05) is 54.1 Å². The number of hydrogen-bond donors (Lipinski definition) is 2. The molecule has 4 heteroatoms. The summed E-state index contributed by atoms with van der Waals surface area (Å²) in [6, 6.07) is 20.1. The number of carbonyl (C=O) groups excluding carboxylic acids is 1. The Morgan fingerprint density at radius 1 is 1.03 bits per heavy atom. The zero-order valence-electron chi connectivity index (χ0n) is 17.7. The molecular weight excluding hydrogens is 404 g/mol. The predicted octanol–water partition coefficient (Wildman–Crippen LogP) is 7.04. The lowest BCUT2D eigenvalue weighted by atomic mass is 9.76. The van der Waals surface area contributed by atoms with Gasteiger partial charge in [0.2, 0.25) is 0 Å². The second kappa shape index (κ2) is 7.90. The first-order valence-electron chi connectivity index (χ1n) is 10.7. The first-order chi connectivity index (χ1) is 15.0. The molecule has 0 spiro atoms. The van der Waals surface area contributed by atoms with Gasteiger partial charge in [-0.05, 0) is 78.8 Å². The van der Waals surface area contributed by atoms with Crippen LogP contribution in [0.25, 0.3) is 0 Å². The zero-order valence-corrected chi connectivity index (χ0v) is 18.4. The van der Waals surface area contributed by atoms with Crippen LogP contribution in [0.2, 0.25) is 5.02 Å². The van der Waals surface area contributed by atoms with Gasteiger partial charge in [0, 0.05) is 16.6 Å². The van der Waals surface area contributed by atoms with Gasteiger partial charge in [0.15, 0.2) is 0 Å². The van der Waals surface area contributed by atoms with Crippen LogP contribution in [-0.2, 0) is 0 Å². The van der Waals surface area contributed by atoms with Crippen molar-refractivity contribution in [3.63, 3.8) is 0 Å². The van der Waals surface area contributed by atoms with E-state index < -0.39 is 0 Å². The molecule has 0 fully saturated rings. The van der Waals surface area contributed by atoms with Gasteiger partial charge in [0.1, 0.15) is 0 Å². The van der Waals surface area contributed by atoms with E-state index in [2.05, 4.69) is 48.8 Å². The van der Waals surface area contributed by atoms with Gasteiger partial charge in [-0.3, -0.25) is 4.79 Å². The largest absolute Gasteiger partial charge is 0.377 e. The van der Waals surface area contributed by atoms with Crippen molar-refractivity contribution < 1.29 is 4.79 Å². The molecule has 31 heavy (non-hydrogen) atoms. The summed E-state index contributed by atoms with van der Waals surface area (Å²) in [5, 5.41) is 7.52. The minimum atomic E-state index is -0.0992. The number of hydrogen-bond acceptors (Lipinski definition) is 2. The number of carbonyl (C=O) groups is 1. The van der Waals surface area contributed by atoms with Crippen molar-refractivity contribution in [1.29, 1.82) is 0 Å². The van der Waals surface area contributed by atoms with Crippen LogP contribution in [0, 0.1) is 19.8 Å². The number of amides is 1. The van der Waals surface area contributed by atoms with Crippen molar-refractivity contribution in [2.75, 3.05) is 10.6 Å². The molecule has 0 saturated heterocycles. The minimum absolute atomic E-state index is 0.0989. The Bertz CT molecular complexity index is 1200. The molecule has 3 nitrogen and oxygen atoms in total. The van der Waals surface area contributed by atoms with Crippen molar-refractivity contribution in [2.24, 2.45) is 5.92 Å². The Morgan fingerprint density at radius 2 is 1.87 bits per heavy atom. The van der Waals surface area contributed by atoms with E-state index in [1.54, 1.807) is 0 Å². The highest BCUT2D eigenvalue weighted by atomic mass is 35.5. The summed E-state index contributed by atoms with van der Waals surface area (Å²) in [5.41, 5.74) is 7.10. The van der Waals surface area contributed by atoms with E-state index >= 15 is 0 Å². The van der Waals surface area contributed by atoms with Crippen LogP contribution in [0.15, 0.2) is 72.8 Å². The number of para-hydroxylation sites is 1. The first kappa shape index (κ1) is 19.9. The number of allylic oxidation sites excluding steroid dienone is 2. The fourth-order valence-electron chi connectivity index (χ4n) is 4.86. The number of rotatable bonds is 3. The molecule has 3 aromatic rings. The maximum Gasteiger partial charge on any atom is 0.257 e. The van der Waals surface area contributed by atoms with Gasteiger partial charge >= 0.3 is 0 Å². The van der Waals surface area contributed by atoms with Crippen molar-refractivity contribution in [1.82, 2.24) is 0 Å². The van der Waals surface area contributed by atoms with Gasteiger partial charge in [-0.2, -0.15) is 0 Å². The summed E-state index contributed by atoms with van der Waals surface area (Å²) < 4.78 is 0. The molecular formula is C27H25ClN2O. The number of anilines is 2. The Hall–Kier alpha value is -3.04. The topological polar surface area (TPSA) is 41.1 Å². The normalized spacial score (nSPS) is 21.2. The highest BCUT2D eigenvalue weighted by Gasteiger charge is 2.39. The van der Waals surface area contributed by atoms with Gasteiger partial charge in [-0.25, -0.2) is 0 Å². The molecule has 0 aromatic heterocycles. The molecule has 0 bridgehead atoms. The number of benzene rings is 3. The van der Waals surface area contributed by atoms with E-state index in [1.807, 2.05) is 48.5 Å². The smallest absolute Gasteiger partial charge is 0.257 e. The van der Waals surface area contributed by atoms with Crippen LogP contribution in [0.3, 0.4) is 0 Å². The molecule has 2 N–H and O–H groups in total. The Balaban J connectivity index is 1.52. The van der Waals surface area contributed by atoms with Crippen molar-refractivity contribution in [3.8, 4) is 0 Å². The van der Waals surface area contributed by atoms with Gasteiger partial charge in [0.05, 0.1) is 17.3 Å². The Labute approximate surface area is 188 Å². The second-order valence-corrected chi connectivity index (χ2v) is 8.99. The lowest BCUT2D eigenvalue weighted by molar-refractivity contribution is 0.102. The fraction of sp³-hybridized carbons (Fsp3) is 0.222. The molecule has 0 saturated carbocycles. The number of halogens is 1. The third kappa shape index (κ3) is 3.64. The van der Waals surface area contributed by atoms with Gasteiger partial charge < -0.3 is 10.6 Å². The van der Waals surface area contributed by atoms with Crippen LogP contribution >= 0.6 is 11.6 Å². The zero-order chi connectivity index (χ0) is 21.5. The predicted molar refractivity (Wildman–Crippen MR) is 128 cm³/mol. The Kier molecular flexibility index (Phi) is 5.07. The molecule has 2 aliphatic rings. The summed E-state index contributed by atoms with van der Waals surface area (Å²) >= 11 is 6.30. The van der Waals surface area contributed by atoms with Crippen LogP contribution in [-0.4, -0.2) is 5.91 Å². The van der Waals surface area contributed by atoms with Crippen molar-refractivity contribution in [2.45, 2.75) is 32.2 Å². The van der Waals surface area contributed by atoms with Gasteiger partial charge in [0.25, 0.3) is 5.91 Å². The molecule has 3 unspecified atom stereocenters. The van der Waals surface area contributed by atoms with E-state index in [1.165, 1.54) is 11.1 Å². The third-order valence-electron chi connectivity index (χ3n) is 6.61. The van der Waals surface area contributed by atoms with Crippen LogP contribution in [0.4, 0.5) is 11.4 Å². The van der Waals surface area contributed by atoms with E-state index in [9.17, 15) is 4.79 Å². The molecule has 3 aromatic carbocycles. The van der Waals surface area contributed by atoms with E-state index in [0.29, 0.717) is 11.5 Å². The SMILES string of the molecule is Cc1ccc(NC(=O)c2cccc3c2NC(c2cccc(Cl)c2)C2CC=CC32)cc1C. The maximum atomic E-state index is 13.3. The summed E-state index contributed by atoms with van der Waals surface area (Å²) in [5.74, 6) is 0.594. The minimum Gasteiger partial charge on any atom is -0.377 e. The van der Waals surface area contributed by atoms with Crippen LogP contribution in [0.1, 0.15) is 51.0 Å². The molecule has 3 atom stereocenters. The fourth-order valence-corrected chi connectivity index (χ4v) is 5.06. The summed E-state index contributed by atoms with van der Waals surface area (Å²) in [7, 11) is 0. The molecule has 1 amide bonds. The highest BCUT2D eigenvalue weighted by molar-refractivity contribution is 6.30. The highest BCUT2D eigenvalue weighted by Crippen LogP contribution is 2.50. The summed E-state index contributed by atoms with van der Waals surface area (Å²) in [4.78, 5) is 13.3. The van der Waals surface area contributed by atoms with Gasteiger partial charge in [-0.15, -0.1) is 0 Å². The average Bonchev–Trinajstić information content (AvgIpc) is 3.25. The number of aryl methyl sites for hydroxylation is 2. The number of fused-ring (bicyclic) bond motifs is 3. The standard InChI is InChI=1S/C27H25ClN2O/c1-16-12-13-20(14-17(16)2)29-27(31)24-11-5-10-23-21-8-4-9-22(21)25(30-26(23)24)18-6-3-7-19(28)15-18/h3-8,10-15,21-22,25,30H,9H2,1-2H3,(H,29,31). The molecule has 5 rings (SSSR count). The van der Waals surface area contributed by atoms with Crippen molar-refractivity contribution in [3.05, 3.63) is 106 Å². The van der Waals surface area contributed by atoms with Crippen LogP contribution in [0.5, 0.6) is 0 Å². The van der Waals surface area contributed by atoms with E-state index in [4.69, 9.17) is 11.6 Å². The Morgan fingerprint density at radius 3 is 2.68 bits per heavy atom. The number of nitrogens with one attached hydrogen (secondary N) is 2. The molecule has 156 valence electrons. The third-order valence-corrected chi connectivity index (χ3v) is 6.85. The van der Waals surface area contributed by atoms with E-state index in [-0.39, 0.29) is 17.9 Å². The van der Waals surface area contributed by atoms with Crippen LogP contribution < -0.4 is 10.6 Å². The lowest BCUT2D eigenvalue weighted by Gasteiger charge is -2.38. The molecule has 1 heterocycles. The first-order valence-corrected chi connectivity index (χ1v) is 11.1. The molecule has 1 aliphatic heterocycles.